The molecule has 0 radical (unpaired) electrons. The summed E-state index contributed by atoms with van der Waals surface area (Å²) in [7, 11) is 4.78. The number of hydrogen-bond acceptors (Lipinski definition) is 4. The first kappa shape index (κ1) is 14.9. The van der Waals surface area contributed by atoms with E-state index in [0.29, 0.717) is 22.8 Å². The molecular formula is C17H18O4. The SMILES string of the molecule is COc1cc(OC)c(-c2ccc(C(C)=O)cc2)cc1OC. The number of rotatable bonds is 5. The third kappa shape index (κ3) is 2.99. The maximum Gasteiger partial charge on any atom is 0.164 e. The van der Waals surface area contributed by atoms with Crippen molar-refractivity contribution in [1.82, 2.24) is 0 Å². The van der Waals surface area contributed by atoms with Crippen molar-refractivity contribution < 1.29 is 19.0 Å². The van der Waals surface area contributed by atoms with E-state index in [0.717, 1.165) is 11.1 Å². The van der Waals surface area contributed by atoms with Crippen molar-refractivity contribution in [2.75, 3.05) is 21.3 Å². The average Bonchev–Trinajstić information content (AvgIpc) is 2.53. The maximum atomic E-state index is 11.3. The number of ketones is 1. The lowest BCUT2D eigenvalue weighted by atomic mass is 10.0. The maximum absolute atomic E-state index is 11.3. The van der Waals surface area contributed by atoms with Crippen molar-refractivity contribution in [3.05, 3.63) is 42.0 Å². The van der Waals surface area contributed by atoms with Gasteiger partial charge in [-0.1, -0.05) is 24.3 Å². The van der Waals surface area contributed by atoms with Gasteiger partial charge in [-0.2, -0.15) is 0 Å². The largest absolute Gasteiger partial charge is 0.496 e. The molecule has 0 aliphatic heterocycles. The van der Waals surface area contributed by atoms with Crippen molar-refractivity contribution in [3.63, 3.8) is 0 Å². The van der Waals surface area contributed by atoms with Crippen LogP contribution in [0, 0.1) is 0 Å². The van der Waals surface area contributed by atoms with Gasteiger partial charge in [0.05, 0.1) is 21.3 Å². The minimum Gasteiger partial charge on any atom is -0.496 e. The van der Waals surface area contributed by atoms with Gasteiger partial charge in [0.1, 0.15) is 5.75 Å². The Morgan fingerprint density at radius 1 is 0.810 bits per heavy atom. The van der Waals surface area contributed by atoms with Crippen LogP contribution >= 0.6 is 0 Å². The second-order valence-corrected chi connectivity index (χ2v) is 4.54. The molecule has 0 N–H and O–H groups in total. The summed E-state index contributed by atoms with van der Waals surface area (Å²) in [6.45, 7) is 1.55. The molecule has 0 fully saturated rings. The minimum atomic E-state index is 0.0424. The first-order valence-electron chi connectivity index (χ1n) is 6.52. The van der Waals surface area contributed by atoms with Crippen molar-refractivity contribution >= 4 is 5.78 Å². The molecule has 0 aliphatic rings. The molecule has 0 bridgehead atoms. The van der Waals surface area contributed by atoms with Crippen LogP contribution in [0.4, 0.5) is 0 Å². The van der Waals surface area contributed by atoms with Gasteiger partial charge in [0.2, 0.25) is 0 Å². The molecule has 110 valence electrons. The third-order valence-electron chi connectivity index (χ3n) is 3.31. The Morgan fingerprint density at radius 2 is 1.33 bits per heavy atom. The van der Waals surface area contributed by atoms with Gasteiger partial charge in [0.25, 0.3) is 0 Å². The number of benzene rings is 2. The Hall–Kier alpha value is -2.49. The molecule has 0 unspecified atom stereocenters. The Bertz CT molecular complexity index is 645. The van der Waals surface area contributed by atoms with Crippen LogP contribution in [-0.2, 0) is 0 Å². The molecule has 0 aliphatic carbocycles. The molecule has 2 aromatic rings. The fourth-order valence-electron chi connectivity index (χ4n) is 2.14. The smallest absolute Gasteiger partial charge is 0.164 e. The highest BCUT2D eigenvalue weighted by molar-refractivity contribution is 5.94. The summed E-state index contributed by atoms with van der Waals surface area (Å²) in [6.07, 6.45) is 0. The molecule has 4 heteroatoms. The van der Waals surface area contributed by atoms with Gasteiger partial charge in [0.15, 0.2) is 17.3 Å². The predicted molar refractivity (Wildman–Crippen MR) is 81.5 cm³/mol. The van der Waals surface area contributed by atoms with Gasteiger partial charge in [-0.25, -0.2) is 0 Å². The van der Waals surface area contributed by atoms with E-state index in [1.54, 1.807) is 46.5 Å². The van der Waals surface area contributed by atoms with Crippen LogP contribution in [0.5, 0.6) is 17.2 Å². The molecule has 0 saturated heterocycles. The van der Waals surface area contributed by atoms with E-state index in [9.17, 15) is 4.79 Å². The van der Waals surface area contributed by atoms with Gasteiger partial charge < -0.3 is 14.2 Å². The van der Waals surface area contributed by atoms with E-state index in [1.165, 1.54) is 0 Å². The summed E-state index contributed by atoms with van der Waals surface area (Å²) in [6, 6.07) is 11.0. The number of methoxy groups -OCH3 is 3. The van der Waals surface area contributed by atoms with Gasteiger partial charge in [0, 0.05) is 17.2 Å². The van der Waals surface area contributed by atoms with E-state index in [-0.39, 0.29) is 5.78 Å². The summed E-state index contributed by atoms with van der Waals surface area (Å²) in [5.74, 6) is 1.96. The van der Waals surface area contributed by atoms with Crippen molar-refractivity contribution in [2.45, 2.75) is 6.92 Å². The fourth-order valence-corrected chi connectivity index (χ4v) is 2.14. The molecule has 21 heavy (non-hydrogen) atoms. The quantitative estimate of drug-likeness (QED) is 0.788. The zero-order valence-electron chi connectivity index (χ0n) is 12.6. The van der Waals surface area contributed by atoms with Crippen LogP contribution in [0.3, 0.4) is 0 Å². The summed E-state index contributed by atoms with van der Waals surface area (Å²) < 4.78 is 16.0. The lowest BCUT2D eigenvalue weighted by Gasteiger charge is -2.14. The molecule has 0 spiro atoms. The Labute approximate surface area is 124 Å². The number of ether oxygens (including phenoxy) is 3. The number of Topliss-reactive ketones (excluding diaryl/α,β-unsaturated/α-hetero) is 1. The summed E-state index contributed by atoms with van der Waals surface area (Å²) in [5.41, 5.74) is 2.50. The number of carbonyl (C=O) groups excluding carboxylic acids is 1. The molecule has 0 heterocycles. The first-order valence-corrected chi connectivity index (χ1v) is 6.52. The molecule has 0 amide bonds. The van der Waals surface area contributed by atoms with Crippen LogP contribution in [-0.4, -0.2) is 27.1 Å². The first-order chi connectivity index (χ1) is 10.1. The van der Waals surface area contributed by atoms with Crippen molar-refractivity contribution in [3.8, 4) is 28.4 Å². The molecule has 0 saturated carbocycles. The van der Waals surface area contributed by atoms with E-state index in [2.05, 4.69) is 0 Å². The van der Waals surface area contributed by atoms with Gasteiger partial charge >= 0.3 is 0 Å². The van der Waals surface area contributed by atoms with Gasteiger partial charge in [-0.05, 0) is 18.6 Å². The summed E-state index contributed by atoms with van der Waals surface area (Å²) in [5, 5.41) is 0. The van der Waals surface area contributed by atoms with Gasteiger partial charge in [-0.15, -0.1) is 0 Å². The zero-order valence-corrected chi connectivity index (χ0v) is 12.6. The van der Waals surface area contributed by atoms with Crippen LogP contribution in [0.15, 0.2) is 36.4 Å². The predicted octanol–water partition coefficient (Wildman–Crippen LogP) is 3.58. The zero-order chi connectivity index (χ0) is 15.4. The van der Waals surface area contributed by atoms with E-state index in [4.69, 9.17) is 14.2 Å². The van der Waals surface area contributed by atoms with Crippen molar-refractivity contribution in [2.24, 2.45) is 0 Å². The summed E-state index contributed by atoms with van der Waals surface area (Å²) in [4.78, 5) is 11.3. The molecule has 0 aromatic heterocycles. The molecule has 0 atom stereocenters. The second-order valence-electron chi connectivity index (χ2n) is 4.54. The molecular weight excluding hydrogens is 268 g/mol. The Kier molecular flexibility index (Phi) is 4.48. The van der Waals surface area contributed by atoms with Crippen LogP contribution in [0.1, 0.15) is 17.3 Å². The van der Waals surface area contributed by atoms with E-state index in [1.807, 2.05) is 18.2 Å². The topological polar surface area (TPSA) is 44.8 Å². The van der Waals surface area contributed by atoms with E-state index < -0.39 is 0 Å². The van der Waals surface area contributed by atoms with Crippen LogP contribution in [0.25, 0.3) is 11.1 Å². The normalized spacial score (nSPS) is 10.1. The molecule has 4 nitrogen and oxygen atoms in total. The standard InChI is InChI=1S/C17H18O4/c1-11(18)12-5-7-13(8-6-12)14-9-16(20-3)17(21-4)10-15(14)19-2/h5-10H,1-4H3. The van der Waals surface area contributed by atoms with Gasteiger partial charge in [-0.3, -0.25) is 4.79 Å². The highest BCUT2D eigenvalue weighted by Gasteiger charge is 2.13. The van der Waals surface area contributed by atoms with Crippen LogP contribution in [0.2, 0.25) is 0 Å². The summed E-state index contributed by atoms with van der Waals surface area (Å²) >= 11 is 0. The van der Waals surface area contributed by atoms with Crippen molar-refractivity contribution in [1.29, 1.82) is 0 Å². The van der Waals surface area contributed by atoms with Crippen LogP contribution < -0.4 is 14.2 Å². The fraction of sp³-hybridized carbons (Fsp3) is 0.235. The van der Waals surface area contributed by atoms with E-state index >= 15 is 0 Å². The minimum absolute atomic E-state index is 0.0424. The lowest BCUT2D eigenvalue weighted by molar-refractivity contribution is 0.101. The lowest BCUT2D eigenvalue weighted by Crippen LogP contribution is -1.95. The number of hydrogen-bond donors (Lipinski definition) is 0. The average molecular weight is 286 g/mol. The number of carbonyl (C=O) groups is 1. The highest BCUT2D eigenvalue weighted by Crippen LogP contribution is 2.40. The Balaban J connectivity index is 2.53. The third-order valence-corrected chi connectivity index (χ3v) is 3.31. The molecule has 2 aromatic carbocycles. The Morgan fingerprint density at radius 3 is 1.81 bits per heavy atom. The monoisotopic (exact) mass is 286 g/mol. The molecule has 2 rings (SSSR count). The second kappa shape index (κ2) is 6.31. The highest BCUT2D eigenvalue weighted by atomic mass is 16.5.